The van der Waals surface area contributed by atoms with E-state index in [0.29, 0.717) is 22.2 Å². The summed E-state index contributed by atoms with van der Waals surface area (Å²) < 4.78 is 0. The van der Waals surface area contributed by atoms with Crippen LogP contribution in [0.15, 0.2) is 42.6 Å². The van der Waals surface area contributed by atoms with E-state index in [1.807, 2.05) is 17.0 Å². The molecule has 27 heavy (non-hydrogen) atoms. The Morgan fingerprint density at radius 2 is 1.78 bits per heavy atom. The minimum Gasteiger partial charge on any atom is -0.353 e. The number of nitrogens with zero attached hydrogens (tertiary/aromatic N) is 3. The van der Waals surface area contributed by atoms with E-state index in [2.05, 4.69) is 15.2 Å². The van der Waals surface area contributed by atoms with Gasteiger partial charge in [0.1, 0.15) is 5.82 Å². The van der Waals surface area contributed by atoms with Crippen LogP contribution in [0.4, 0.5) is 11.5 Å². The molecule has 0 bridgehead atoms. The molecule has 0 atom stereocenters. The molecule has 1 saturated heterocycles. The van der Waals surface area contributed by atoms with E-state index in [9.17, 15) is 9.59 Å². The summed E-state index contributed by atoms with van der Waals surface area (Å²) in [6.45, 7) is 3.03. The van der Waals surface area contributed by atoms with Crippen LogP contribution in [-0.4, -0.2) is 47.9 Å². The van der Waals surface area contributed by atoms with Crippen molar-refractivity contribution in [2.45, 2.75) is 12.8 Å². The Labute approximate surface area is 163 Å². The second kappa shape index (κ2) is 7.56. The van der Waals surface area contributed by atoms with Crippen LogP contribution < -0.4 is 10.2 Å². The Kier molecular flexibility index (Phi) is 4.99. The number of nitrogens with one attached hydrogen (secondary N) is 1. The van der Waals surface area contributed by atoms with Crippen LogP contribution in [0.1, 0.15) is 23.2 Å². The Morgan fingerprint density at radius 3 is 2.41 bits per heavy atom. The van der Waals surface area contributed by atoms with Crippen LogP contribution in [0.3, 0.4) is 0 Å². The molecule has 2 heterocycles. The quantitative estimate of drug-likeness (QED) is 0.879. The number of rotatable bonds is 4. The second-order valence-corrected chi connectivity index (χ2v) is 7.33. The molecular formula is C20H21ClN4O2. The first-order valence-electron chi connectivity index (χ1n) is 9.17. The van der Waals surface area contributed by atoms with Crippen molar-refractivity contribution >= 4 is 34.9 Å². The highest BCUT2D eigenvalue weighted by molar-refractivity contribution is 6.34. The lowest BCUT2D eigenvalue weighted by atomic mass is 10.2. The van der Waals surface area contributed by atoms with Crippen molar-refractivity contribution in [1.29, 1.82) is 0 Å². The summed E-state index contributed by atoms with van der Waals surface area (Å²) in [5, 5.41) is 3.23. The Hall–Kier alpha value is -2.60. The van der Waals surface area contributed by atoms with Crippen molar-refractivity contribution in [3.05, 3.63) is 53.2 Å². The van der Waals surface area contributed by atoms with Gasteiger partial charge in [0.2, 0.25) is 5.91 Å². The van der Waals surface area contributed by atoms with E-state index in [4.69, 9.17) is 11.6 Å². The van der Waals surface area contributed by atoms with E-state index in [1.54, 1.807) is 30.5 Å². The number of benzene rings is 1. The molecule has 2 aromatic rings. The maximum atomic E-state index is 12.3. The van der Waals surface area contributed by atoms with Crippen LogP contribution in [0.25, 0.3) is 0 Å². The zero-order valence-corrected chi connectivity index (χ0v) is 15.7. The number of amides is 2. The standard InChI is InChI=1S/C20H21ClN4O2/c21-17-4-2-1-3-16(17)19(26)23-15-7-8-18(22-13-15)24-9-11-25(12-10-24)20(27)14-5-6-14/h1-4,7-8,13-14H,5-6,9-12H2,(H,23,26). The first-order chi connectivity index (χ1) is 13.1. The molecule has 0 radical (unpaired) electrons. The maximum Gasteiger partial charge on any atom is 0.257 e. The lowest BCUT2D eigenvalue weighted by Gasteiger charge is -2.35. The third-order valence-electron chi connectivity index (χ3n) is 4.97. The Morgan fingerprint density at radius 1 is 1.04 bits per heavy atom. The summed E-state index contributed by atoms with van der Waals surface area (Å²) in [7, 11) is 0. The largest absolute Gasteiger partial charge is 0.353 e. The number of hydrogen-bond acceptors (Lipinski definition) is 4. The average Bonchev–Trinajstić information content (AvgIpc) is 3.54. The Balaban J connectivity index is 1.34. The topological polar surface area (TPSA) is 65.5 Å². The van der Waals surface area contributed by atoms with Crippen molar-refractivity contribution in [3.63, 3.8) is 0 Å². The van der Waals surface area contributed by atoms with Crippen molar-refractivity contribution in [3.8, 4) is 0 Å². The summed E-state index contributed by atoms with van der Waals surface area (Å²) >= 11 is 6.06. The summed E-state index contributed by atoms with van der Waals surface area (Å²) in [4.78, 5) is 33.0. The van der Waals surface area contributed by atoms with Gasteiger partial charge in [-0.2, -0.15) is 0 Å². The van der Waals surface area contributed by atoms with Crippen LogP contribution in [0.5, 0.6) is 0 Å². The van der Waals surface area contributed by atoms with Crippen LogP contribution in [0, 0.1) is 5.92 Å². The van der Waals surface area contributed by atoms with Crippen LogP contribution >= 0.6 is 11.6 Å². The smallest absolute Gasteiger partial charge is 0.257 e. The normalized spacial score (nSPS) is 16.9. The van der Waals surface area contributed by atoms with Gasteiger partial charge >= 0.3 is 0 Å². The average molecular weight is 385 g/mol. The molecule has 1 aliphatic carbocycles. The van der Waals surface area contributed by atoms with Gasteiger partial charge in [0, 0.05) is 32.1 Å². The number of aromatic nitrogens is 1. The van der Waals surface area contributed by atoms with Gasteiger partial charge in [0.15, 0.2) is 0 Å². The molecule has 2 amide bonds. The van der Waals surface area contributed by atoms with E-state index in [-0.39, 0.29) is 11.8 Å². The molecule has 6 nitrogen and oxygen atoms in total. The third kappa shape index (κ3) is 4.06. The van der Waals surface area contributed by atoms with E-state index < -0.39 is 0 Å². The number of carbonyl (C=O) groups excluding carboxylic acids is 2. The molecule has 4 rings (SSSR count). The molecule has 1 N–H and O–H groups in total. The number of pyridine rings is 1. The molecule has 2 fully saturated rings. The fourth-order valence-corrected chi connectivity index (χ4v) is 3.46. The van der Waals surface area contributed by atoms with Gasteiger partial charge in [-0.25, -0.2) is 4.98 Å². The van der Waals surface area contributed by atoms with E-state index in [0.717, 1.165) is 44.8 Å². The fourth-order valence-electron chi connectivity index (χ4n) is 3.24. The number of piperazine rings is 1. The third-order valence-corrected chi connectivity index (χ3v) is 5.30. The number of hydrogen-bond donors (Lipinski definition) is 1. The second-order valence-electron chi connectivity index (χ2n) is 6.93. The van der Waals surface area contributed by atoms with Gasteiger partial charge in [0.05, 0.1) is 22.5 Å². The number of carbonyl (C=O) groups is 2. The zero-order chi connectivity index (χ0) is 18.8. The summed E-state index contributed by atoms with van der Waals surface area (Å²) in [5.41, 5.74) is 1.05. The molecule has 7 heteroatoms. The highest BCUT2D eigenvalue weighted by Gasteiger charge is 2.34. The van der Waals surface area contributed by atoms with Crippen LogP contribution in [-0.2, 0) is 4.79 Å². The van der Waals surface area contributed by atoms with Crippen molar-refractivity contribution < 1.29 is 9.59 Å². The first kappa shape index (κ1) is 17.8. The van der Waals surface area contributed by atoms with Gasteiger partial charge < -0.3 is 15.1 Å². The van der Waals surface area contributed by atoms with Crippen molar-refractivity contribution in [2.75, 3.05) is 36.4 Å². The van der Waals surface area contributed by atoms with Crippen molar-refractivity contribution in [1.82, 2.24) is 9.88 Å². The van der Waals surface area contributed by atoms with Gasteiger partial charge in [-0.05, 0) is 37.1 Å². The molecule has 0 unspecified atom stereocenters. The molecule has 2 aliphatic rings. The van der Waals surface area contributed by atoms with E-state index >= 15 is 0 Å². The zero-order valence-electron chi connectivity index (χ0n) is 14.9. The predicted octanol–water partition coefficient (Wildman–Crippen LogP) is 3.05. The van der Waals surface area contributed by atoms with Crippen molar-refractivity contribution in [2.24, 2.45) is 5.92 Å². The minimum atomic E-state index is -0.262. The Bertz CT molecular complexity index is 843. The lowest BCUT2D eigenvalue weighted by molar-refractivity contribution is -0.132. The number of halogens is 1. The first-order valence-corrected chi connectivity index (χ1v) is 9.55. The van der Waals surface area contributed by atoms with Gasteiger partial charge in [0.25, 0.3) is 5.91 Å². The number of anilines is 2. The van der Waals surface area contributed by atoms with Gasteiger partial charge in [-0.1, -0.05) is 23.7 Å². The minimum absolute atomic E-state index is 0.262. The molecule has 1 aromatic heterocycles. The summed E-state index contributed by atoms with van der Waals surface area (Å²) in [6, 6.07) is 10.6. The lowest BCUT2D eigenvalue weighted by Crippen LogP contribution is -2.49. The van der Waals surface area contributed by atoms with Gasteiger partial charge in [-0.3, -0.25) is 9.59 Å². The maximum absolute atomic E-state index is 12.3. The molecular weight excluding hydrogens is 364 g/mol. The molecule has 1 aromatic carbocycles. The molecule has 140 valence electrons. The van der Waals surface area contributed by atoms with E-state index in [1.165, 1.54) is 0 Å². The van der Waals surface area contributed by atoms with Gasteiger partial charge in [-0.15, -0.1) is 0 Å². The summed E-state index contributed by atoms with van der Waals surface area (Å²) in [5.74, 6) is 1.17. The highest BCUT2D eigenvalue weighted by atomic mass is 35.5. The monoisotopic (exact) mass is 384 g/mol. The summed E-state index contributed by atoms with van der Waals surface area (Å²) in [6.07, 6.45) is 3.73. The molecule has 0 spiro atoms. The fraction of sp³-hybridized carbons (Fsp3) is 0.350. The molecule has 1 aliphatic heterocycles. The highest BCUT2D eigenvalue weighted by Crippen LogP contribution is 2.31. The predicted molar refractivity (Wildman–Crippen MR) is 105 cm³/mol. The molecule has 1 saturated carbocycles. The van der Waals surface area contributed by atoms with Crippen LogP contribution in [0.2, 0.25) is 5.02 Å². The SMILES string of the molecule is O=C(Nc1ccc(N2CCN(C(=O)C3CC3)CC2)nc1)c1ccccc1Cl.